The van der Waals surface area contributed by atoms with Gasteiger partial charge in [0.25, 0.3) is 0 Å². The molecule has 2 aliphatic heterocycles. The molecule has 0 bridgehead atoms. The fourth-order valence-corrected chi connectivity index (χ4v) is 3.61. The van der Waals surface area contributed by atoms with Crippen molar-refractivity contribution in [3.05, 3.63) is 35.9 Å². The average Bonchev–Trinajstić information content (AvgIpc) is 2.53. The first-order valence-electron chi connectivity index (χ1n) is 7.96. The standard InChI is InChI=1S/C17H26N2O/c20-14-16-6-7-17-13-18(10-11-19(17)12-16)9-8-15-4-2-1-3-5-15/h1-5,16-17,20H,6-14H2/t16-,17+/m1/s1. The van der Waals surface area contributed by atoms with Gasteiger partial charge in [0, 0.05) is 45.4 Å². The zero-order valence-corrected chi connectivity index (χ0v) is 12.2. The molecule has 0 unspecified atom stereocenters. The van der Waals surface area contributed by atoms with E-state index in [9.17, 15) is 5.11 Å². The third kappa shape index (κ3) is 3.40. The van der Waals surface area contributed by atoms with Crippen LogP contribution in [-0.4, -0.2) is 60.3 Å². The molecule has 2 fully saturated rings. The van der Waals surface area contributed by atoms with Gasteiger partial charge in [-0.1, -0.05) is 30.3 Å². The quantitative estimate of drug-likeness (QED) is 0.904. The molecule has 3 heteroatoms. The van der Waals surface area contributed by atoms with E-state index in [0.29, 0.717) is 12.5 Å². The van der Waals surface area contributed by atoms with Crippen LogP contribution in [0.5, 0.6) is 0 Å². The van der Waals surface area contributed by atoms with Crippen molar-refractivity contribution in [1.29, 1.82) is 0 Å². The summed E-state index contributed by atoms with van der Waals surface area (Å²) in [6, 6.07) is 11.5. The lowest BCUT2D eigenvalue weighted by molar-refractivity contribution is 0.0155. The highest BCUT2D eigenvalue weighted by Gasteiger charge is 2.32. The molecule has 0 aromatic heterocycles. The van der Waals surface area contributed by atoms with Gasteiger partial charge in [-0.2, -0.15) is 0 Å². The Morgan fingerprint density at radius 3 is 2.70 bits per heavy atom. The number of rotatable bonds is 4. The molecule has 1 aromatic carbocycles. The topological polar surface area (TPSA) is 26.7 Å². The number of benzene rings is 1. The van der Waals surface area contributed by atoms with Gasteiger partial charge in [-0.15, -0.1) is 0 Å². The third-order valence-electron chi connectivity index (χ3n) is 4.91. The first-order valence-corrected chi connectivity index (χ1v) is 7.96. The Bertz CT molecular complexity index is 409. The third-order valence-corrected chi connectivity index (χ3v) is 4.91. The second kappa shape index (κ2) is 6.70. The van der Waals surface area contributed by atoms with Crippen LogP contribution in [0.3, 0.4) is 0 Å². The Balaban J connectivity index is 1.47. The summed E-state index contributed by atoms with van der Waals surface area (Å²) in [4.78, 5) is 5.22. The van der Waals surface area contributed by atoms with Crippen molar-refractivity contribution >= 4 is 0 Å². The summed E-state index contributed by atoms with van der Waals surface area (Å²) in [6.45, 7) is 6.22. The van der Waals surface area contributed by atoms with E-state index in [4.69, 9.17) is 0 Å². The van der Waals surface area contributed by atoms with Crippen LogP contribution in [0.2, 0.25) is 0 Å². The maximum Gasteiger partial charge on any atom is 0.0471 e. The molecule has 0 radical (unpaired) electrons. The molecule has 0 amide bonds. The predicted octanol–water partition coefficient (Wildman–Crippen LogP) is 1.62. The van der Waals surface area contributed by atoms with E-state index in [1.165, 1.54) is 44.6 Å². The minimum atomic E-state index is 0.362. The maximum absolute atomic E-state index is 9.31. The Labute approximate surface area is 122 Å². The van der Waals surface area contributed by atoms with Crippen LogP contribution >= 0.6 is 0 Å². The lowest BCUT2D eigenvalue weighted by Gasteiger charge is -2.46. The number of piperazine rings is 1. The molecule has 1 N–H and O–H groups in total. The summed E-state index contributed by atoms with van der Waals surface area (Å²) in [5.41, 5.74) is 1.44. The van der Waals surface area contributed by atoms with Gasteiger partial charge in [0.05, 0.1) is 0 Å². The summed E-state index contributed by atoms with van der Waals surface area (Å²) >= 11 is 0. The van der Waals surface area contributed by atoms with Crippen molar-refractivity contribution in [2.24, 2.45) is 5.92 Å². The zero-order chi connectivity index (χ0) is 13.8. The largest absolute Gasteiger partial charge is 0.396 e. The van der Waals surface area contributed by atoms with Gasteiger partial charge in [0.15, 0.2) is 0 Å². The van der Waals surface area contributed by atoms with E-state index in [0.717, 1.165) is 19.0 Å². The Morgan fingerprint density at radius 2 is 1.90 bits per heavy atom. The van der Waals surface area contributed by atoms with Gasteiger partial charge in [-0.05, 0) is 30.7 Å². The summed E-state index contributed by atoms with van der Waals surface area (Å²) in [5, 5.41) is 9.31. The minimum Gasteiger partial charge on any atom is -0.396 e. The van der Waals surface area contributed by atoms with Gasteiger partial charge in [-0.25, -0.2) is 0 Å². The lowest BCUT2D eigenvalue weighted by atomic mass is 9.91. The molecule has 2 aliphatic rings. The molecule has 20 heavy (non-hydrogen) atoms. The summed E-state index contributed by atoms with van der Waals surface area (Å²) < 4.78 is 0. The Morgan fingerprint density at radius 1 is 1.05 bits per heavy atom. The monoisotopic (exact) mass is 274 g/mol. The Hall–Kier alpha value is -0.900. The molecule has 110 valence electrons. The van der Waals surface area contributed by atoms with Crippen molar-refractivity contribution in [1.82, 2.24) is 9.80 Å². The van der Waals surface area contributed by atoms with E-state index in [-0.39, 0.29) is 0 Å². The van der Waals surface area contributed by atoms with Crippen molar-refractivity contribution in [2.75, 3.05) is 39.3 Å². The molecule has 0 spiro atoms. The molecule has 2 saturated heterocycles. The van der Waals surface area contributed by atoms with Gasteiger partial charge in [-0.3, -0.25) is 4.90 Å². The second-order valence-electron chi connectivity index (χ2n) is 6.31. The smallest absolute Gasteiger partial charge is 0.0471 e. The molecule has 2 atom stereocenters. The van der Waals surface area contributed by atoms with Gasteiger partial charge in [0.1, 0.15) is 0 Å². The summed E-state index contributed by atoms with van der Waals surface area (Å²) in [5.74, 6) is 0.516. The summed E-state index contributed by atoms with van der Waals surface area (Å²) in [6.07, 6.45) is 3.62. The zero-order valence-electron chi connectivity index (χ0n) is 12.2. The number of fused-ring (bicyclic) bond motifs is 1. The van der Waals surface area contributed by atoms with Gasteiger partial charge < -0.3 is 10.0 Å². The predicted molar refractivity (Wildman–Crippen MR) is 81.8 cm³/mol. The van der Waals surface area contributed by atoms with Crippen LogP contribution in [0.15, 0.2) is 30.3 Å². The molecule has 2 heterocycles. The Kier molecular flexibility index (Phi) is 4.71. The maximum atomic E-state index is 9.31. The fraction of sp³-hybridized carbons (Fsp3) is 0.647. The van der Waals surface area contributed by atoms with Crippen LogP contribution in [0.4, 0.5) is 0 Å². The highest BCUT2D eigenvalue weighted by atomic mass is 16.3. The highest BCUT2D eigenvalue weighted by Crippen LogP contribution is 2.24. The van der Waals surface area contributed by atoms with E-state index >= 15 is 0 Å². The molecular weight excluding hydrogens is 248 g/mol. The minimum absolute atomic E-state index is 0.362. The molecule has 3 nitrogen and oxygen atoms in total. The SMILES string of the molecule is OC[C@@H]1CC[C@H]2CN(CCc3ccccc3)CCN2C1. The number of nitrogens with zero attached hydrogens (tertiary/aromatic N) is 2. The second-order valence-corrected chi connectivity index (χ2v) is 6.31. The van der Waals surface area contributed by atoms with Gasteiger partial charge >= 0.3 is 0 Å². The number of piperidine rings is 1. The number of aliphatic hydroxyl groups excluding tert-OH is 1. The van der Waals surface area contributed by atoms with Crippen molar-refractivity contribution in [3.8, 4) is 0 Å². The highest BCUT2D eigenvalue weighted by molar-refractivity contribution is 5.14. The first kappa shape index (κ1) is 14.1. The number of hydrogen-bond donors (Lipinski definition) is 1. The molecule has 0 saturated carbocycles. The van der Waals surface area contributed by atoms with Crippen molar-refractivity contribution in [3.63, 3.8) is 0 Å². The van der Waals surface area contributed by atoms with E-state index in [2.05, 4.69) is 40.1 Å². The van der Waals surface area contributed by atoms with E-state index in [1.807, 2.05) is 0 Å². The van der Waals surface area contributed by atoms with Crippen molar-refractivity contribution in [2.45, 2.75) is 25.3 Å². The van der Waals surface area contributed by atoms with Crippen LogP contribution < -0.4 is 0 Å². The number of aliphatic hydroxyl groups is 1. The average molecular weight is 274 g/mol. The van der Waals surface area contributed by atoms with Crippen LogP contribution in [0.25, 0.3) is 0 Å². The van der Waals surface area contributed by atoms with Crippen LogP contribution in [0, 0.1) is 5.92 Å². The lowest BCUT2D eigenvalue weighted by Crippen LogP contribution is -2.56. The molecule has 1 aromatic rings. The number of hydrogen-bond acceptors (Lipinski definition) is 3. The van der Waals surface area contributed by atoms with Crippen LogP contribution in [0.1, 0.15) is 18.4 Å². The van der Waals surface area contributed by atoms with E-state index < -0.39 is 0 Å². The molecule has 0 aliphatic carbocycles. The van der Waals surface area contributed by atoms with Crippen LogP contribution in [-0.2, 0) is 6.42 Å². The fourth-order valence-electron chi connectivity index (χ4n) is 3.61. The van der Waals surface area contributed by atoms with Gasteiger partial charge in [0.2, 0.25) is 0 Å². The summed E-state index contributed by atoms with van der Waals surface area (Å²) in [7, 11) is 0. The van der Waals surface area contributed by atoms with E-state index in [1.54, 1.807) is 0 Å². The first-order chi connectivity index (χ1) is 9.85. The normalized spacial score (nSPS) is 28.2. The molecule has 3 rings (SSSR count). The van der Waals surface area contributed by atoms with Crippen molar-refractivity contribution < 1.29 is 5.11 Å². The molecular formula is C17H26N2O.